The van der Waals surface area contributed by atoms with Gasteiger partial charge in [-0.2, -0.15) is 0 Å². The number of benzene rings is 1. The Morgan fingerprint density at radius 1 is 1.06 bits per heavy atom. The zero-order chi connectivity index (χ0) is 24.4. The summed E-state index contributed by atoms with van der Waals surface area (Å²) in [6.07, 6.45) is 9.58. The first kappa shape index (κ1) is 21.8. The van der Waals surface area contributed by atoms with Gasteiger partial charge < -0.3 is 14.8 Å². The van der Waals surface area contributed by atoms with E-state index in [-0.39, 0.29) is 11.4 Å². The number of ether oxygens (including phenoxy) is 2. The number of amides is 1. The Labute approximate surface area is 208 Å². The van der Waals surface area contributed by atoms with Crippen LogP contribution in [0, 0.1) is 30.5 Å². The van der Waals surface area contributed by atoms with Crippen molar-refractivity contribution in [3.8, 4) is 17.0 Å². The molecule has 8 rings (SSSR count). The van der Waals surface area contributed by atoms with Crippen molar-refractivity contribution in [1.82, 2.24) is 9.97 Å². The highest BCUT2D eigenvalue weighted by atomic mass is 19.1. The lowest BCUT2D eigenvalue weighted by Gasteiger charge is -2.55. The Bertz CT molecular complexity index is 1360. The molecule has 0 spiro atoms. The van der Waals surface area contributed by atoms with Crippen LogP contribution in [0.15, 0.2) is 30.6 Å². The fourth-order valence-corrected chi connectivity index (χ4v) is 7.42. The number of halogens is 1. The highest BCUT2D eigenvalue weighted by molar-refractivity contribution is 5.92. The van der Waals surface area contributed by atoms with E-state index in [4.69, 9.17) is 9.47 Å². The number of nitrogens with zero attached hydrogens (tertiary/aromatic N) is 2. The maximum Gasteiger partial charge on any atom is 0.413 e. The molecule has 1 aliphatic heterocycles. The third-order valence-corrected chi connectivity index (χ3v) is 8.57. The smallest absolute Gasteiger partial charge is 0.413 e. The first-order valence-corrected chi connectivity index (χ1v) is 12.9. The molecule has 1 aromatic carbocycles. The molecule has 3 aromatic rings. The molecule has 7 nitrogen and oxygen atoms in total. The van der Waals surface area contributed by atoms with E-state index < -0.39 is 6.09 Å². The van der Waals surface area contributed by atoms with E-state index in [2.05, 4.69) is 20.6 Å². The van der Waals surface area contributed by atoms with Crippen LogP contribution in [0.25, 0.3) is 21.9 Å². The minimum Gasteiger partial charge on any atom is -0.474 e. The number of hydrogen-bond acceptors (Lipinski definition) is 6. The quantitative estimate of drug-likeness (QED) is 0.466. The predicted octanol–water partition coefficient (Wildman–Crippen LogP) is 6.07. The van der Waals surface area contributed by atoms with E-state index in [9.17, 15) is 4.79 Å². The summed E-state index contributed by atoms with van der Waals surface area (Å²) in [5.74, 6) is 2.66. The molecule has 186 valence electrons. The zero-order valence-electron chi connectivity index (χ0n) is 20.3. The first-order chi connectivity index (χ1) is 17.4. The molecular weight excluding hydrogens is 459 g/mol. The van der Waals surface area contributed by atoms with Gasteiger partial charge in [0.05, 0.1) is 0 Å². The lowest BCUT2D eigenvalue weighted by molar-refractivity contribution is -0.124. The van der Waals surface area contributed by atoms with Gasteiger partial charge in [0.2, 0.25) is 5.88 Å². The molecule has 4 fully saturated rings. The average molecular weight is 489 g/mol. The largest absolute Gasteiger partial charge is 0.474 e. The number of carbonyl (C=O) groups excluding carboxylic acids is 1. The van der Waals surface area contributed by atoms with E-state index in [0.29, 0.717) is 59.1 Å². The number of pyridine rings is 2. The third-order valence-electron chi connectivity index (χ3n) is 8.57. The fourth-order valence-electron chi connectivity index (χ4n) is 7.42. The molecule has 4 bridgehead atoms. The fraction of sp³-hybridized carbons (Fsp3) is 0.464. The van der Waals surface area contributed by atoms with Gasteiger partial charge in [0.1, 0.15) is 29.5 Å². The van der Waals surface area contributed by atoms with Crippen LogP contribution in [0.5, 0.6) is 5.88 Å². The van der Waals surface area contributed by atoms with Crippen LogP contribution in [0.1, 0.15) is 44.1 Å². The van der Waals surface area contributed by atoms with Crippen LogP contribution in [0.4, 0.5) is 20.7 Å². The van der Waals surface area contributed by atoms with Gasteiger partial charge in [-0.1, -0.05) is 0 Å². The second-order valence-electron chi connectivity index (χ2n) is 11.1. The first-order valence-electron chi connectivity index (χ1n) is 12.9. The van der Waals surface area contributed by atoms with E-state index >= 15 is 4.39 Å². The molecule has 2 aromatic heterocycles. The highest BCUT2D eigenvalue weighted by Crippen LogP contribution is 2.57. The Hall–Kier alpha value is -3.42. The Balaban J connectivity index is 1.15. The number of nitrogens with one attached hydrogen (secondary N) is 2. The number of hydrogen-bond donors (Lipinski definition) is 2. The van der Waals surface area contributed by atoms with Gasteiger partial charge in [-0.05, 0) is 92.4 Å². The summed E-state index contributed by atoms with van der Waals surface area (Å²) >= 11 is 0. The maximum atomic E-state index is 15.1. The molecule has 2 N–H and O–H groups in total. The van der Waals surface area contributed by atoms with Gasteiger partial charge in [0.15, 0.2) is 0 Å². The van der Waals surface area contributed by atoms with Gasteiger partial charge in [-0.3, -0.25) is 5.32 Å². The Morgan fingerprint density at radius 2 is 1.81 bits per heavy atom. The van der Waals surface area contributed by atoms with Gasteiger partial charge in [-0.15, -0.1) is 0 Å². The molecule has 36 heavy (non-hydrogen) atoms. The van der Waals surface area contributed by atoms with Crippen LogP contribution >= 0.6 is 0 Å². The van der Waals surface area contributed by atoms with E-state index in [1.807, 2.05) is 6.92 Å². The highest BCUT2D eigenvalue weighted by Gasteiger charge is 2.53. The van der Waals surface area contributed by atoms with Crippen molar-refractivity contribution in [3.63, 3.8) is 0 Å². The average Bonchev–Trinajstić information content (AvgIpc) is 2.83. The zero-order valence-corrected chi connectivity index (χ0v) is 20.3. The van der Waals surface area contributed by atoms with Crippen molar-refractivity contribution in [2.75, 3.05) is 23.8 Å². The van der Waals surface area contributed by atoms with Crippen LogP contribution in [0.2, 0.25) is 0 Å². The summed E-state index contributed by atoms with van der Waals surface area (Å²) in [5.41, 5.74) is 2.49. The van der Waals surface area contributed by atoms with Crippen LogP contribution in [0.3, 0.4) is 0 Å². The molecule has 5 aliphatic rings. The standard InChI is InChI=1S/C28H29FN4O3/c1-15-22(14-32-26-25(15)30-2-3-35-26)21-7-19-9-24(31-13-20(19)8-23(21)29)33-27(34)36-28-10-16-4-17(11-28)6-18(5-16)12-28/h7-9,13-14,16-18,30H,2-6,10-12H2,1H3,(H,31,33,34). The van der Waals surface area contributed by atoms with E-state index in [0.717, 1.165) is 35.9 Å². The Kier molecular flexibility index (Phi) is 4.88. The number of anilines is 2. The molecule has 0 unspecified atom stereocenters. The molecule has 8 heteroatoms. The lowest BCUT2D eigenvalue weighted by atomic mass is 9.54. The minimum absolute atomic E-state index is 0.319. The predicted molar refractivity (Wildman–Crippen MR) is 135 cm³/mol. The van der Waals surface area contributed by atoms with Crippen molar-refractivity contribution in [2.24, 2.45) is 17.8 Å². The van der Waals surface area contributed by atoms with Crippen molar-refractivity contribution >= 4 is 28.4 Å². The summed E-state index contributed by atoms with van der Waals surface area (Å²) in [4.78, 5) is 21.6. The normalized spacial score (nSPS) is 27.8. The van der Waals surface area contributed by atoms with Crippen molar-refractivity contribution < 1.29 is 18.7 Å². The van der Waals surface area contributed by atoms with Gasteiger partial charge >= 0.3 is 6.09 Å². The molecule has 3 heterocycles. The van der Waals surface area contributed by atoms with Crippen molar-refractivity contribution in [3.05, 3.63) is 42.0 Å². The molecule has 0 radical (unpaired) electrons. The molecular formula is C28H29FN4O3. The number of fused-ring (bicyclic) bond motifs is 2. The SMILES string of the molecule is Cc1c(-c2cc3cc(NC(=O)OC45CC6CC(CC(C6)C4)C5)ncc3cc2F)cnc2c1NCCO2. The molecule has 4 aliphatic carbocycles. The Morgan fingerprint density at radius 3 is 2.56 bits per heavy atom. The van der Waals surface area contributed by atoms with Crippen LogP contribution in [-0.2, 0) is 4.74 Å². The topological polar surface area (TPSA) is 85.4 Å². The summed E-state index contributed by atoms with van der Waals surface area (Å²) in [5, 5.41) is 7.56. The van der Waals surface area contributed by atoms with Crippen LogP contribution in [-0.4, -0.2) is 34.8 Å². The number of rotatable bonds is 3. The monoisotopic (exact) mass is 488 g/mol. The molecule has 0 saturated heterocycles. The molecule has 1 amide bonds. The second-order valence-corrected chi connectivity index (χ2v) is 11.1. The van der Waals surface area contributed by atoms with Gasteiger partial charge in [0.25, 0.3) is 0 Å². The number of aromatic nitrogens is 2. The maximum absolute atomic E-state index is 15.1. The van der Waals surface area contributed by atoms with Gasteiger partial charge in [-0.25, -0.2) is 19.2 Å². The lowest BCUT2D eigenvalue weighted by Crippen LogP contribution is -2.53. The summed E-state index contributed by atoms with van der Waals surface area (Å²) in [6.45, 7) is 3.16. The third kappa shape index (κ3) is 3.65. The van der Waals surface area contributed by atoms with Crippen LogP contribution < -0.4 is 15.4 Å². The summed E-state index contributed by atoms with van der Waals surface area (Å²) < 4.78 is 26.8. The van der Waals surface area contributed by atoms with Crippen molar-refractivity contribution in [1.29, 1.82) is 0 Å². The summed E-state index contributed by atoms with van der Waals surface area (Å²) in [7, 11) is 0. The van der Waals surface area contributed by atoms with E-state index in [1.165, 1.54) is 25.3 Å². The van der Waals surface area contributed by atoms with Crippen molar-refractivity contribution in [2.45, 2.75) is 51.0 Å². The van der Waals surface area contributed by atoms with E-state index in [1.54, 1.807) is 24.5 Å². The second kappa shape index (κ2) is 8.05. The summed E-state index contributed by atoms with van der Waals surface area (Å²) in [6, 6.07) is 5.02. The molecule has 0 atom stereocenters. The minimum atomic E-state index is -0.452. The van der Waals surface area contributed by atoms with Gasteiger partial charge in [0, 0.05) is 35.5 Å². The molecule has 4 saturated carbocycles. The number of carbonyl (C=O) groups is 1.